The lowest BCUT2D eigenvalue weighted by Crippen LogP contribution is -2.26. The molecule has 7 heteroatoms. The highest BCUT2D eigenvalue weighted by molar-refractivity contribution is 5.97. The molecule has 1 aliphatic rings. The third kappa shape index (κ3) is 2.74. The van der Waals surface area contributed by atoms with Crippen molar-refractivity contribution in [1.29, 1.82) is 0 Å². The van der Waals surface area contributed by atoms with E-state index in [4.69, 9.17) is 4.74 Å². The molecule has 140 valence electrons. The Morgan fingerprint density at radius 2 is 2.04 bits per heavy atom. The first-order valence-electron chi connectivity index (χ1n) is 8.96. The first kappa shape index (κ1) is 17.5. The predicted molar refractivity (Wildman–Crippen MR) is 98.3 cm³/mol. The van der Waals surface area contributed by atoms with Crippen molar-refractivity contribution in [3.05, 3.63) is 57.8 Å². The van der Waals surface area contributed by atoms with Crippen molar-refractivity contribution in [1.82, 2.24) is 19.5 Å². The number of amides is 1. The van der Waals surface area contributed by atoms with E-state index in [1.54, 1.807) is 4.90 Å². The number of ether oxygens (including phenoxy) is 1. The van der Waals surface area contributed by atoms with Crippen molar-refractivity contribution in [3.8, 4) is 5.75 Å². The average molecular weight is 368 g/mol. The van der Waals surface area contributed by atoms with E-state index in [2.05, 4.69) is 10.1 Å². The monoisotopic (exact) mass is 368 g/mol. The van der Waals surface area contributed by atoms with Crippen molar-refractivity contribution in [3.63, 3.8) is 0 Å². The molecule has 6 nitrogen and oxygen atoms in total. The second-order valence-corrected chi connectivity index (χ2v) is 6.80. The molecule has 0 unspecified atom stereocenters. The molecule has 0 saturated carbocycles. The van der Waals surface area contributed by atoms with Crippen LogP contribution in [0.5, 0.6) is 5.75 Å². The second kappa shape index (κ2) is 6.33. The summed E-state index contributed by atoms with van der Waals surface area (Å²) < 4.78 is 21.1. The topological polar surface area (TPSA) is 59.7 Å². The number of aromatic nitrogens is 3. The summed E-state index contributed by atoms with van der Waals surface area (Å²) in [6.07, 6.45) is 0. The minimum atomic E-state index is -0.463. The molecular formula is C20H21FN4O2. The SMILES string of the molecule is CCOc1ccc(F)cc1C(=O)N1Cc2nn3c(C)c(C)c(C)nc3c2C1. The lowest BCUT2D eigenvalue weighted by Gasteiger charge is -2.18. The Bertz CT molecular complexity index is 1070. The Labute approximate surface area is 156 Å². The van der Waals surface area contributed by atoms with Crippen molar-refractivity contribution in [2.75, 3.05) is 6.61 Å². The number of carbonyl (C=O) groups is 1. The van der Waals surface area contributed by atoms with E-state index >= 15 is 0 Å². The van der Waals surface area contributed by atoms with E-state index in [0.717, 1.165) is 33.9 Å². The van der Waals surface area contributed by atoms with E-state index in [1.165, 1.54) is 18.2 Å². The highest BCUT2D eigenvalue weighted by Gasteiger charge is 2.31. The molecule has 1 aliphatic heterocycles. The van der Waals surface area contributed by atoms with Crippen LogP contribution in [-0.4, -0.2) is 32.0 Å². The number of rotatable bonds is 3. The molecule has 0 atom stereocenters. The summed E-state index contributed by atoms with van der Waals surface area (Å²) in [5, 5.41) is 4.65. The van der Waals surface area contributed by atoms with Gasteiger partial charge in [0.15, 0.2) is 5.65 Å². The van der Waals surface area contributed by atoms with Gasteiger partial charge in [0.1, 0.15) is 11.6 Å². The van der Waals surface area contributed by atoms with Crippen LogP contribution in [0.15, 0.2) is 18.2 Å². The fourth-order valence-corrected chi connectivity index (χ4v) is 3.48. The fourth-order valence-electron chi connectivity index (χ4n) is 3.48. The van der Waals surface area contributed by atoms with Crippen LogP contribution in [0.25, 0.3) is 5.65 Å². The fraction of sp³-hybridized carbons (Fsp3) is 0.350. The van der Waals surface area contributed by atoms with E-state index < -0.39 is 5.82 Å². The number of nitrogens with zero attached hydrogens (tertiary/aromatic N) is 4. The van der Waals surface area contributed by atoms with Crippen LogP contribution < -0.4 is 4.74 Å². The molecule has 2 aromatic heterocycles. The highest BCUT2D eigenvalue weighted by atomic mass is 19.1. The standard InChI is InChI=1S/C20H21FN4O2/c1-5-27-18-7-6-14(21)8-15(18)20(26)24-9-16-17(10-24)23-25-13(4)11(2)12(3)22-19(16)25/h6-8H,5,9-10H2,1-4H3. The number of hydrogen-bond donors (Lipinski definition) is 0. The van der Waals surface area contributed by atoms with Gasteiger partial charge in [-0.1, -0.05) is 0 Å². The quantitative estimate of drug-likeness (QED) is 0.711. The summed E-state index contributed by atoms with van der Waals surface area (Å²) in [4.78, 5) is 19.3. The van der Waals surface area contributed by atoms with Crippen LogP contribution in [0.4, 0.5) is 4.39 Å². The normalized spacial score (nSPS) is 13.3. The smallest absolute Gasteiger partial charge is 0.258 e. The minimum absolute atomic E-state index is 0.232. The Balaban J connectivity index is 1.70. The average Bonchev–Trinajstić information content (AvgIpc) is 3.20. The summed E-state index contributed by atoms with van der Waals surface area (Å²) in [6.45, 7) is 9.02. The zero-order valence-corrected chi connectivity index (χ0v) is 15.8. The van der Waals surface area contributed by atoms with Crippen molar-refractivity contribution in [2.45, 2.75) is 40.8 Å². The van der Waals surface area contributed by atoms with E-state index in [9.17, 15) is 9.18 Å². The van der Waals surface area contributed by atoms with E-state index in [-0.39, 0.29) is 11.5 Å². The summed E-state index contributed by atoms with van der Waals surface area (Å²) in [5.41, 5.74) is 5.91. The largest absolute Gasteiger partial charge is 0.493 e. The second-order valence-electron chi connectivity index (χ2n) is 6.80. The van der Waals surface area contributed by atoms with Gasteiger partial charge in [-0.15, -0.1) is 0 Å². The van der Waals surface area contributed by atoms with E-state index in [0.29, 0.717) is 25.4 Å². The van der Waals surface area contributed by atoms with Crippen LogP contribution in [0, 0.1) is 26.6 Å². The third-order valence-corrected chi connectivity index (χ3v) is 5.16. The zero-order chi connectivity index (χ0) is 19.3. The van der Waals surface area contributed by atoms with Gasteiger partial charge in [-0.05, 0) is 51.5 Å². The maximum absolute atomic E-state index is 13.7. The van der Waals surface area contributed by atoms with Crippen molar-refractivity contribution < 1.29 is 13.9 Å². The lowest BCUT2D eigenvalue weighted by molar-refractivity contribution is 0.0745. The molecule has 0 N–H and O–H groups in total. The maximum atomic E-state index is 13.7. The van der Waals surface area contributed by atoms with Gasteiger partial charge in [-0.3, -0.25) is 4.79 Å². The number of fused-ring (bicyclic) bond motifs is 3. The van der Waals surface area contributed by atoms with Gasteiger partial charge in [0.25, 0.3) is 5.91 Å². The van der Waals surface area contributed by atoms with E-state index in [1.807, 2.05) is 32.2 Å². The third-order valence-electron chi connectivity index (χ3n) is 5.16. The molecule has 0 aliphatic carbocycles. The number of halogens is 1. The minimum Gasteiger partial charge on any atom is -0.493 e. The maximum Gasteiger partial charge on any atom is 0.258 e. The van der Waals surface area contributed by atoms with Gasteiger partial charge < -0.3 is 9.64 Å². The first-order chi connectivity index (χ1) is 12.9. The molecule has 0 fully saturated rings. The van der Waals surface area contributed by atoms with Gasteiger partial charge in [0.2, 0.25) is 0 Å². The Kier molecular flexibility index (Phi) is 4.09. The number of hydrogen-bond acceptors (Lipinski definition) is 4. The molecule has 3 heterocycles. The Morgan fingerprint density at radius 3 is 2.78 bits per heavy atom. The molecule has 0 radical (unpaired) electrons. The summed E-state index contributed by atoms with van der Waals surface area (Å²) in [6, 6.07) is 4.02. The zero-order valence-electron chi connectivity index (χ0n) is 15.8. The molecule has 1 aromatic carbocycles. The molecule has 4 rings (SSSR count). The van der Waals surface area contributed by atoms with Gasteiger partial charge in [-0.25, -0.2) is 13.9 Å². The van der Waals surface area contributed by atoms with Crippen LogP contribution in [0.2, 0.25) is 0 Å². The molecule has 3 aromatic rings. The van der Waals surface area contributed by atoms with Gasteiger partial charge in [0, 0.05) is 17.0 Å². The number of carbonyl (C=O) groups excluding carboxylic acids is 1. The van der Waals surface area contributed by atoms with Crippen LogP contribution >= 0.6 is 0 Å². The Morgan fingerprint density at radius 1 is 1.26 bits per heavy atom. The summed E-state index contributed by atoms with van der Waals surface area (Å²) in [5.74, 6) is -0.340. The van der Waals surface area contributed by atoms with Crippen molar-refractivity contribution in [2.24, 2.45) is 0 Å². The lowest BCUT2D eigenvalue weighted by atomic mass is 10.1. The van der Waals surface area contributed by atoms with Gasteiger partial charge in [-0.2, -0.15) is 5.10 Å². The first-order valence-corrected chi connectivity index (χ1v) is 8.96. The van der Waals surface area contributed by atoms with Crippen LogP contribution in [0.1, 0.15) is 45.5 Å². The predicted octanol–water partition coefficient (Wildman–Crippen LogP) is 3.35. The molecule has 0 saturated heterocycles. The summed E-state index contributed by atoms with van der Waals surface area (Å²) >= 11 is 0. The van der Waals surface area contributed by atoms with Gasteiger partial charge in [0.05, 0.1) is 31.0 Å². The Hall–Kier alpha value is -2.96. The molecular weight excluding hydrogens is 347 g/mol. The number of benzene rings is 1. The molecule has 0 bridgehead atoms. The molecule has 0 spiro atoms. The van der Waals surface area contributed by atoms with Crippen molar-refractivity contribution >= 4 is 11.6 Å². The van der Waals surface area contributed by atoms with Gasteiger partial charge >= 0.3 is 0 Å². The number of aryl methyl sites for hydroxylation is 2. The molecule has 27 heavy (non-hydrogen) atoms. The van der Waals surface area contributed by atoms with Crippen LogP contribution in [0.3, 0.4) is 0 Å². The van der Waals surface area contributed by atoms with Crippen LogP contribution in [-0.2, 0) is 13.1 Å². The summed E-state index contributed by atoms with van der Waals surface area (Å²) in [7, 11) is 0. The molecule has 1 amide bonds. The highest BCUT2D eigenvalue weighted by Crippen LogP contribution is 2.30.